The third kappa shape index (κ3) is 2.45. The number of rotatable bonds is 3. The van der Waals surface area contributed by atoms with Crippen molar-refractivity contribution in [2.75, 3.05) is 18.5 Å². The predicted molar refractivity (Wildman–Crippen MR) is 61.1 cm³/mol. The highest BCUT2D eigenvalue weighted by Gasteiger charge is 2.09. The van der Waals surface area contributed by atoms with E-state index >= 15 is 0 Å². The lowest BCUT2D eigenvalue weighted by molar-refractivity contribution is 0.870. The zero-order valence-electron chi connectivity index (χ0n) is 7.62. The van der Waals surface area contributed by atoms with Gasteiger partial charge in [-0.3, -0.25) is 4.79 Å². The Balaban J connectivity index is 2.91. The molecule has 1 N–H and O–H groups in total. The molecule has 0 amide bonds. The van der Waals surface area contributed by atoms with Crippen molar-refractivity contribution in [2.24, 2.45) is 0 Å². The smallest absolute Gasteiger partial charge is 0.266 e. The third-order valence-corrected chi connectivity index (χ3v) is 2.67. The molecule has 0 aliphatic heterocycles. The Hall–Kier alpha value is -1.10. The summed E-state index contributed by atoms with van der Waals surface area (Å²) < 4.78 is 0.547. The van der Waals surface area contributed by atoms with Gasteiger partial charge in [0.15, 0.2) is 0 Å². The topological polar surface area (TPSA) is 72.8 Å². The number of hydrogen-bond donors (Lipinski definition) is 1. The van der Waals surface area contributed by atoms with E-state index in [4.69, 9.17) is 5.26 Å². The van der Waals surface area contributed by atoms with E-state index in [1.807, 2.05) is 28.7 Å². The fraction of sp³-hybridized carbons (Fsp3) is 0.375. The summed E-state index contributed by atoms with van der Waals surface area (Å²) in [5.74, 6) is 0.615. The Morgan fingerprint density at radius 3 is 3.14 bits per heavy atom. The Bertz CT molecular complexity index is 409. The molecular formula is C8H9IN4O. The highest BCUT2D eigenvalue weighted by atomic mass is 127. The van der Waals surface area contributed by atoms with Crippen LogP contribution in [0.3, 0.4) is 0 Å². The maximum absolute atomic E-state index is 11.2. The number of hydrogen-bond acceptors (Lipinski definition) is 4. The molecule has 0 aliphatic carbocycles. The first kappa shape index (κ1) is 11.0. The molecule has 1 heterocycles. The minimum absolute atomic E-state index is 0.153. The van der Waals surface area contributed by atoms with Crippen LogP contribution in [-0.4, -0.2) is 23.6 Å². The van der Waals surface area contributed by atoms with Crippen molar-refractivity contribution in [3.8, 4) is 6.07 Å². The zero-order chi connectivity index (χ0) is 10.6. The average Bonchev–Trinajstić information content (AvgIpc) is 2.18. The maximum Gasteiger partial charge on any atom is 0.266 e. The molecule has 1 rings (SSSR count). The molecule has 0 saturated carbocycles. The van der Waals surface area contributed by atoms with Gasteiger partial charge >= 0.3 is 0 Å². The van der Waals surface area contributed by atoms with Crippen LogP contribution in [0.4, 0.5) is 5.82 Å². The Kier molecular flexibility index (Phi) is 3.88. The summed E-state index contributed by atoms with van der Waals surface area (Å²) in [6.45, 7) is 0.572. The van der Waals surface area contributed by atoms with Crippen LogP contribution in [0.5, 0.6) is 0 Å². The molecule has 0 radical (unpaired) electrons. The minimum Gasteiger partial charge on any atom is -0.358 e. The van der Waals surface area contributed by atoms with Gasteiger partial charge in [-0.2, -0.15) is 5.26 Å². The van der Waals surface area contributed by atoms with Gasteiger partial charge in [-0.25, -0.2) is 4.98 Å². The molecule has 1 aromatic rings. The van der Waals surface area contributed by atoms with Crippen LogP contribution in [0.15, 0.2) is 11.1 Å². The highest BCUT2D eigenvalue weighted by Crippen LogP contribution is 2.13. The van der Waals surface area contributed by atoms with E-state index in [1.54, 1.807) is 11.9 Å². The fourth-order valence-electron chi connectivity index (χ4n) is 0.963. The van der Waals surface area contributed by atoms with E-state index < -0.39 is 0 Å². The van der Waals surface area contributed by atoms with Crippen LogP contribution >= 0.6 is 22.6 Å². The van der Waals surface area contributed by atoms with Gasteiger partial charge in [-0.15, -0.1) is 0 Å². The number of aromatic amines is 1. The maximum atomic E-state index is 11.2. The van der Waals surface area contributed by atoms with Gasteiger partial charge < -0.3 is 9.88 Å². The molecule has 74 valence electrons. The Morgan fingerprint density at radius 2 is 2.50 bits per heavy atom. The van der Waals surface area contributed by atoms with E-state index in [0.717, 1.165) is 0 Å². The van der Waals surface area contributed by atoms with E-state index in [1.165, 1.54) is 6.33 Å². The van der Waals surface area contributed by atoms with Gasteiger partial charge in [-0.05, 0) is 22.6 Å². The van der Waals surface area contributed by atoms with Gasteiger partial charge in [0, 0.05) is 13.6 Å². The molecule has 5 nitrogen and oxygen atoms in total. The monoisotopic (exact) mass is 304 g/mol. The summed E-state index contributed by atoms with van der Waals surface area (Å²) in [5.41, 5.74) is -0.153. The zero-order valence-corrected chi connectivity index (χ0v) is 9.78. The van der Waals surface area contributed by atoms with E-state index in [0.29, 0.717) is 22.4 Å². The first-order chi connectivity index (χ1) is 6.66. The Labute approximate surface area is 94.9 Å². The lowest BCUT2D eigenvalue weighted by Crippen LogP contribution is -2.24. The summed E-state index contributed by atoms with van der Waals surface area (Å²) >= 11 is 1.94. The van der Waals surface area contributed by atoms with E-state index in [2.05, 4.69) is 9.97 Å². The van der Waals surface area contributed by atoms with Gasteiger partial charge in [0.05, 0.1) is 18.8 Å². The van der Waals surface area contributed by atoms with Crippen molar-refractivity contribution in [2.45, 2.75) is 6.42 Å². The third-order valence-electron chi connectivity index (χ3n) is 1.70. The van der Waals surface area contributed by atoms with Gasteiger partial charge in [0.25, 0.3) is 5.56 Å². The molecule has 0 spiro atoms. The number of H-pyrrole nitrogens is 1. The second-order valence-electron chi connectivity index (χ2n) is 2.70. The molecule has 14 heavy (non-hydrogen) atoms. The van der Waals surface area contributed by atoms with Crippen molar-refractivity contribution in [1.82, 2.24) is 9.97 Å². The van der Waals surface area contributed by atoms with Crippen molar-refractivity contribution < 1.29 is 0 Å². The van der Waals surface area contributed by atoms with Crippen molar-refractivity contribution in [1.29, 1.82) is 5.26 Å². The van der Waals surface area contributed by atoms with Gasteiger partial charge in [0.2, 0.25) is 0 Å². The predicted octanol–water partition coefficient (Wildman–Crippen LogP) is 0.724. The first-order valence-corrected chi connectivity index (χ1v) is 5.06. The number of aromatic nitrogens is 2. The average molecular weight is 304 g/mol. The fourth-order valence-corrected chi connectivity index (χ4v) is 1.67. The van der Waals surface area contributed by atoms with Crippen LogP contribution in [0.2, 0.25) is 0 Å². The molecule has 0 unspecified atom stereocenters. The van der Waals surface area contributed by atoms with Gasteiger partial charge in [0.1, 0.15) is 9.39 Å². The van der Waals surface area contributed by atoms with Crippen LogP contribution in [0.25, 0.3) is 0 Å². The van der Waals surface area contributed by atoms with E-state index in [-0.39, 0.29) is 5.56 Å². The summed E-state index contributed by atoms with van der Waals surface area (Å²) in [7, 11) is 1.81. The first-order valence-electron chi connectivity index (χ1n) is 3.98. The molecule has 0 aromatic carbocycles. The van der Waals surface area contributed by atoms with E-state index in [9.17, 15) is 4.79 Å². The second-order valence-corrected chi connectivity index (χ2v) is 3.78. The Morgan fingerprint density at radius 1 is 1.79 bits per heavy atom. The molecule has 0 fully saturated rings. The molecule has 1 aromatic heterocycles. The molecular weight excluding hydrogens is 295 g/mol. The van der Waals surface area contributed by atoms with Crippen molar-refractivity contribution in [3.05, 3.63) is 20.3 Å². The number of halogens is 1. The standard InChI is InChI=1S/C8H9IN4O/c1-13(4-2-3-10)7-6(9)8(14)12-5-11-7/h5H,2,4H2,1H3,(H,11,12,14). The minimum atomic E-state index is -0.153. The highest BCUT2D eigenvalue weighted by molar-refractivity contribution is 14.1. The van der Waals surface area contributed by atoms with Gasteiger partial charge in [-0.1, -0.05) is 0 Å². The molecule has 6 heteroatoms. The quantitative estimate of drug-likeness (QED) is 0.835. The summed E-state index contributed by atoms with van der Waals surface area (Å²) in [6.07, 6.45) is 1.78. The molecule has 0 atom stereocenters. The number of nitrogens with zero attached hydrogens (tertiary/aromatic N) is 3. The second kappa shape index (κ2) is 4.95. The van der Waals surface area contributed by atoms with Crippen LogP contribution in [0.1, 0.15) is 6.42 Å². The SMILES string of the molecule is CN(CCC#N)c1nc[nH]c(=O)c1I. The number of nitriles is 1. The van der Waals surface area contributed by atoms with Crippen LogP contribution < -0.4 is 10.5 Å². The lowest BCUT2D eigenvalue weighted by Gasteiger charge is -2.16. The van der Waals surface area contributed by atoms with Crippen LogP contribution in [0, 0.1) is 14.9 Å². The number of nitrogens with one attached hydrogen (secondary N) is 1. The summed E-state index contributed by atoms with van der Waals surface area (Å²) in [4.78, 5) is 19.5. The molecule has 0 saturated heterocycles. The summed E-state index contributed by atoms with van der Waals surface area (Å²) in [6, 6.07) is 2.04. The lowest BCUT2D eigenvalue weighted by atomic mass is 10.4. The van der Waals surface area contributed by atoms with Crippen molar-refractivity contribution >= 4 is 28.4 Å². The normalized spacial score (nSPS) is 9.50. The molecule has 0 aliphatic rings. The van der Waals surface area contributed by atoms with Crippen molar-refractivity contribution in [3.63, 3.8) is 0 Å². The number of anilines is 1. The van der Waals surface area contributed by atoms with Crippen LogP contribution in [-0.2, 0) is 0 Å². The summed E-state index contributed by atoms with van der Waals surface area (Å²) in [5, 5.41) is 8.42. The largest absolute Gasteiger partial charge is 0.358 e. The molecule has 0 bridgehead atoms.